The zero-order valence-corrected chi connectivity index (χ0v) is 20.7. The van der Waals surface area contributed by atoms with Gasteiger partial charge in [0.2, 0.25) is 5.95 Å². The van der Waals surface area contributed by atoms with Crippen LogP contribution in [-0.4, -0.2) is 48.3 Å². The van der Waals surface area contributed by atoms with E-state index < -0.39 is 23.3 Å². The molecule has 0 saturated carbocycles. The van der Waals surface area contributed by atoms with Gasteiger partial charge in [0.15, 0.2) is 17.2 Å². The maximum Gasteiger partial charge on any atom is 0.328 e. The van der Waals surface area contributed by atoms with Crippen molar-refractivity contribution in [2.24, 2.45) is 0 Å². The third-order valence-electron chi connectivity index (χ3n) is 5.95. The van der Waals surface area contributed by atoms with Crippen LogP contribution in [0.15, 0.2) is 47.5 Å². The molecule has 0 radical (unpaired) electrons. The highest BCUT2D eigenvalue weighted by molar-refractivity contribution is 5.79. The molecule has 0 spiro atoms. The third kappa shape index (κ3) is 4.72. The number of ether oxygens (including phenoxy) is 2. The van der Waals surface area contributed by atoms with Crippen LogP contribution in [0.4, 0.5) is 8.78 Å². The molecule has 0 bridgehead atoms. The summed E-state index contributed by atoms with van der Waals surface area (Å²) in [5.74, 6) is -1.25. The number of aryl methyl sites for hydroxylation is 1. The number of nitrogens with zero attached hydrogens (tertiary/aromatic N) is 5. The van der Waals surface area contributed by atoms with E-state index in [1.165, 1.54) is 45.8 Å². The number of H-pyrrole nitrogens is 1. The minimum atomic E-state index is -0.547. The number of para-hydroxylation sites is 1. The van der Waals surface area contributed by atoms with Gasteiger partial charge in [-0.15, -0.1) is 0 Å². The topological polar surface area (TPSA) is 117 Å². The first kappa shape index (κ1) is 25.1. The lowest BCUT2D eigenvalue weighted by Crippen LogP contribution is -2.18. The van der Waals surface area contributed by atoms with E-state index in [2.05, 4.69) is 19.9 Å². The lowest BCUT2D eigenvalue weighted by atomic mass is 10.2. The van der Waals surface area contributed by atoms with E-state index in [1.807, 2.05) is 0 Å². The minimum absolute atomic E-state index is 0.0181. The summed E-state index contributed by atoms with van der Waals surface area (Å²) in [7, 11) is 0. The summed E-state index contributed by atoms with van der Waals surface area (Å²) in [5.41, 5.74) is 1.83. The normalized spacial score (nSPS) is 11.4. The number of carbonyl (C=O) groups is 1. The number of aromatic amines is 1. The van der Waals surface area contributed by atoms with Gasteiger partial charge in [-0.3, -0.25) is 13.9 Å². The molecule has 196 valence electrons. The Labute approximate surface area is 214 Å². The van der Waals surface area contributed by atoms with Gasteiger partial charge in [0, 0.05) is 18.1 Å². The summed E-state index contributed by atoms with van der Waals surface area (Å²) in [6, 6.07) is 8.61. The number of aromatic nitrogens is 6. The van der Waals surface area contributed by atoms with Gasteiger partial charge in [0.05, 0.1) is 42.9 Å². The highest BCUT2D eigenvalue weighted by Crippen LogP contribution is 2.26. The second kappa shape index (κ2) is 10.4. The summed E-state index contributed by atoms with van der Waals surface area (Å²) in [5, 5.41) is 0. The molecule has 0 fully saturated rings. The first-order valence-electron chi connectivity index (χ1n) is 12.1. The number of imidazole rings is 2. The molecular formula is C26H24F2N6O4. The second-order valence-electron chi connectivity index (χ2n) is 8.40. The Hall–Kier alpha value is -4.61. The molecule has 0 aliphatic heterocycles. The molecule has 0 amide bonds. The van der Waals surface area contributed by atoms with Crippen LogP contribution in [0.3, 0.4) is 0 Å². The fourth-order valence-corrected chi connectivity index (χ4v) is 4.26. The molecule has 5 rings (SSSR count). The number of halogens is 2. The maximum atomic E-state index is 14.5. The number of esters is 1. The van der Waals surface area contributed by atoms with Crippen LogP contribution < -0.4 is 10.4 Å². The highest BCUT2D eigenvalue weighted by atomic mass is 19.1. The Morgan fingerprint density at radius 2 is 1.95 bits per heavy atom. The van der Waals surface area contributed by atoms with Crippen molar-refractivity contribution in [3.8, 4) is 11.7 Å². The number of hydrogen-bond donors (Lipinski definition) is 1. The van der Waals surface area contributed by atoms with Gasteiger partial charge >= 0.3 is 11.7 Å². The van der Waals surface area contributed by atoms with E-state index in [-0.39, 0.29) is 49.9 Å². The van der Waals surface area contributed by atoms with Crippen molar-refractivity contribution in [3.63, 3.8) is 0 Å². The number of rotatable bonds is 9. The highest BCUT2D eigenvalue weighted by Gasteiger charge is 2.20. The number of benzene rings is 2. The molecule has 0 aliphatic carbocycles. The molecule has 0 aliphatic rings. The van der Waals surface area contributed by atoms with Gasteiger partial charge in [-0.25, -0.2) is 23.5 Å². The van der Waals surface area contributed by atoms with E-state index >= 15 is 0 Å². The molecule has 1 N–H and O–H groups in total. The molecule has 0 atom stereocenters. The first-order valence-corrected chi connectivity index (χ1v) is 12.1. The molecule has 5 aromatic rings. The monoisotopic (exact) mass is 522 g/mol. The zero-order chi connectivity index (χ0) is 26.8. The number of carbonyl (C=O) groups excluding carboxylic acids is 1. The van der Waals surface area contributed by atoms with Crippen molar-refractivity contribution in [2.75, 3.05) is 13.2 Å². The number of hydrogen-bond acceptors (Lipinski definition) is 7. The van der Waals surface area contributed by atoms with E-state index in [0.29, 0.717) is 27.8 Å². The fourth-order valence-electron chi connectivity index (χ4n) is 4.26. The van der Waals surface area contributed by atoms with E-state index in [1.54, 1.807) is 19.9 Å². The first-order chi connectivity index (χ1) is 18.4. The van der Waals surface area contributed by atoms with Crippen LogP contribution in [0.5, 0.6) is 5.75 Å². The molecule has 2 aromatic carbocycles. The van der Waals surface area contributed by atoms with Crippen LogP contribution in [0, 0.1) is 11.6 Å². The van der Waals surface area contributed by atoms with Crippen molar-refractivity contribution in [3.05, 3.63) is 76.1 Å². The van der Waals surface area contributed by atoms with Gasteiger partial charge in [-0.1, -0.05) is 12.1 Å². The number of fused-ring (bicyclic) bond motifs is 2. The summed E-state index contributed by atoms with van der Waals surface area (Å²) < 4.78 is 41.9. The van der Waals surface area contributed by atoms with E-state index in [4.69, 9.17) is 9.47 Å². The van der Waals surface area contributed by atoms with Crippen molar-refractivity contribution in [1.29, 1.82) is 0 Å². The second-order valence-corrected chi connectivity index (χ2v) is 8.40. The molecule has 3 aromatic heterocycles. The van der Waals surface area contributed by atoms with Crippen LogP contribution in [0.1, 0.15) is 31.5 Å². The molecular weight excluding hydrogens is 498 g/mol. The van der Waals surface area contributed by atoms with Crippen LogP contribution in [0.25, 0.3) is 28.1 Å². The zero-order valence-electron chi connectivity index (χ0n) is 20.7. The Balaban J connectivity index is 1.68. The van der Waals surface area contributed by atoms with Crippen molar-refractivity contribution >= 4 is 28.2 Å². The average Bonchev–Trinajstić information content (AvgIpc) is 3.45. The average molecular weight is 523 g/mol. The number of nitrogens with one attached hydrogen (secondary N) is 1. The Bertz CT molecular complexity index is 1710. The van der Waals surface area contributed by atoms with Crippen molar-refractivity contribution in [2.45, 2.75) is 33.2 Å². The van der Waals surface area contributed by atoms with Crippen LogP contribution in [-0.2, 0) is 22.5 Å². The Morgan fingerprint density at radius 1 is 1.11 bits per heavy atom. The van der Waals surface area contributed by atoms with Gasteiger partial charge in [-0.05, 0) is 32.0 Å². The lowest BCUT2D eigenvalue weighted by Gasteiger charge is -2.12. The van der Waals surface area contributed by atoms with Gasteiger partial charge in [0.25, 0.3) is 0 Å². The van der Waals surface area contributed by atoms with Crippen molar-refractivity contribution < 1.29 is 23.0 Å². The predicted octanol–water partition coefficient (Wildman–Crippen LogP) is 3.68. The quantitative estimate of drug-likeness (QED) is 0.294. The van der Waals surface area contributed by atoms with Gasteiger partial charge in [0.1, 0.15) is 17.7 Å². The van der Waals surface area contributed by atoms with Crippen molar-refractivity contribution in [1.82, 2.24) is 29.1 Å². The summed E-state index contributed by atoms with van der Waals surface area (Å²) in [6.45, 7) is 3.88. The summed E-state index contributed by atoms with van der Waals surface area (Å²) in [6.07, 6.45) is 1.62. The standard InChI is InChI=1S/C26H24F2N6O4/c1-3-37-21(35)11-10-19-22-24(32-25(30-19)34-14-29-18-9-8-16(27)12-20(18)34)33(26(36)31-22)13-15-6-5-7-17(28)23(15)38-4-2/h5-9,12,14H,3-4,10-11,13H2,1-2H3,(H,31,36). The van der Waals surface area contributed by atoms with E-state index in [0.717, 1.165) is 0 Å². The Kier molecular flexibility index (Phi) is 6.86. The molecule has 0 unspecified atom stereocenters. The molecule has 10 nitrogen and oxygen atoms in total. The molecule has 12 heteroatoms. The fraction of sp³-hybridized carbons (Fsp3) is 0.269. The van der Waals surface area contributed by atoms with Crippen LogP contribution >= 0.6 is 0 Å². The summed E-state index contributed by atoms with van der Waals surface area (Å²) >= 11 is 0. The summed E-state index contributed by atoms with van der Waals surface area (Å²) in [4.78, 5) is 41.4. The van der Waals surface area contributed by atoms with Gasteiger partial charge in [-0.2, -0.15) is 4.98 Å². The largest absolute Gasteiger partial charge is 0.490 e. The van der Waals surface area contributed by atoms with Gasteiger partial charge < -0.3 is 14.5 Å². The maximum absolute atomic E-state index is 14.5. The minimum Gasteiger partial charge on any atom is -0.490 e. The smallest absolute Gasteiger partial charge is 0.328 e. The molecule has 0 saturated heterocycles. The SMILES string of the molecule is CCOC(=O)CCc1nc(-n2cnc3ccc(F)cc32)nc2c1[nH]c(=O)n2Cc1cccc(F)c1OCC. The lowest BCUT2D eigenvalue weighted by molar-refractivity contribution is -0.143. The third-order valence-corrected chi connectivity index (χ3v) is 5.95. The molecule has 3 heterocycles. The van der Waals surface area contributed by atoms with E-state index in [9.17, 15) is 18.4 Å². The van der Waals surface area contributed by atoms with Crippen LogP contribution in [0.2, 0.25) is 0 Å². The predicted molar refractivity (Wildman–Crippen MR) is 134 cm³/mol. The Morgan fingerprint density at radius 3 is 2.74 bits per heavy atom. The molecule has 38 heavy (non-hydrogen) atoms.